The highest BCUT2D eigenvalue weighted by molar-refractivity contribution is 7.99. The maximum absolute atomic E-state index is 15.3. The van der Waals surface area contributed by atoms with E-state index >= 15 is 28.8 Å². The van der Waals surface area contributed by atoms with Crippen LogP contribution in [0.15, 0.2) is 12.2 Å². The van der Waals surface area contributed by atoms with Crippen molar-refractivity contribution in [1.29, 1.82) is 0 Å². The van der Waals surface area contributed by atoms with Gasteiger partial charge in [-0.25, -0.2) is 0 Å². The van der Waals surface area contributed by atoms with Crippen molar-refractivity contribution >= 4 is 76.7 Å². The van der Waals surface area contributed by atoms with Gasteiger partial charge in [0, 0.05) is 73.8 Å². The third kappa shape index (κ3) is 25.0. The monoisotopic (exact) mass is 1330 g/mol. The van der Waals surface area contributed by atoms with Gasteiger partial charge in [-0.15, -0.1) is 0 Å². The number of nitrogens with one attached hydrogen (secondary N) is 4. The Morgan fingerprint density at radius 1 is 0.516 bits per heavy atom. The molecule has 0 unspecified atom stereocenters. The number of allylic oxidation sites excluding steroid dienone is 2. The van der Waals surface area contributed by atoms with Crippen molar-refractivity contribution in [3.63, 3.8) is 0 Å². The molecule has 93 heavy (non-hydrogen) atoms. The molecule has 1 rings (SSSR count). The fraction of sp³-hybridized carbons (Fsp3) is 0.806. The van der Waals surface area contributed by atoms with Crippen LogP contribution in [0.2, 0.25) is 0 Å². The van der Waals surface area contributed by atoms with Crippen LogP contribution in [-0.4, -0.2) is 274 Å². The van der Waals surface area contributed by atoms with E-state index in [1.54, 1.807) is 60.6 Å². The molecule has 6 N–H and O–H groups in total. The van der Waals surface area contributed by atoms with Gasteiger partial charge in [0.2, 0.25) is 65.0 Å². The average Bonchev–Trinajstić information content (AvgIpc) is 0.814. The lowest BCUT2D eigenvalue weighted by Gasteiger charge is -2.41. The Bertz CT molecular complexity index is 2540. The number of likely N-dealkylation sites (N-methyl/N-ethyl adjacent to an activating group) is 7. The van der Waals surface area contributed by atoms with Crippen LogP contribution in [0.1, 0.15) is 156 Å². The van der Waals surface area contributed by atoms with Gasteiger partial charge in [0.25, 0.3) is 0 Å². The molecule has 25 nitrogen and oxygen atoms in total. The molecule has 0 aromatic heterocycles. The number of hydrogen-bond acceptors (Lipinski definition) is 15. The highest BCUT2D eigenvalue weighted by Gasteiger charge is 2.47. The first-order valence-electron chi connectivity index (χ1n) is 33.1. The lowest BCUT2D eigenvalue weighted by atomic mass is 9.91. The van der Waals surface area contributed by atoms with E-state index < -0.39 is 161 Å². The molecule has 0 saturated carbocycles. The Balaban J connectivity index is 4.56. The molecular weight excluding hydrogens is 1210 g/mol. The molecule has 11 amide bonds. The van der Waals surface area contributed by atoms with Gasteiger partial charge >= 0.3 is 0 Å². The van der Waals surface area contributed by atoms with E-state index in [4.69, 9.17) is 0 Å². The van der Waals surface area contributed by atoms with Gasteiger partial charge in [0.1, 0.15) is 66.5 Å². The number of aliphatic hydroxyl groups is 2. The van der Waals surface area contributed by atoms with E-state index in [-0.39, 0.29) is 62.0 Å². The van der Waals surface area contributed by atoms with Crippen LogP contribution in [0.25, 0.3) is 0 Å². The first kappa shape index (κ1) is 85.2. The molecule has 1 aliphatic rings. The minimum absolute atomic E-state index is 0.0105. The highest BCUT2D eigenvalue weighted by Crippen LogP contribution is 2.27. The minimum Gasteiger partial charge on any atom is -0.390 e. The van der Waals surface area contributed by atoms with E-state index in [9.17, 15) is 34.2 Å². The lowest BCUT2D eigenvalue weighted by molar-refractivity contribution is -0.157. The Morgan fingerprint density at radius 3 is 1.41 bits per heavy atom. The Morgan fingerprint density at radius 2 is 0.946 bits per heavy atom. The quantitative estimate of drug-likeness (QED) is 0.0754. The van der Waals surface area contributed by atoms with Crippen molar-refractivity contribution in [3.05, 3.63) is 12.2 Å². The molecule has 0 aliphatic carbocycles. The molecule has 0 spiro atoms. The predicted octanol–water partition coefficient (Wildman–Crippen LogP) is 3.05. The fourth-order valence-corrected chi connectivity index (χ4v) is 12.7. The fourth-order valence-electron chi connectivity index (χ4n) is 11.4. The van der Waals surface area contributed by atoms with Gasteiger partial charge in [0.15, 0.2) is 0 Å². The van der Waals surface area contributed by atoms with Crippen LogP contribution >= 0.6 is 11.8 Å². The number of thioether (sulfide) groups is 1. The van der Waals surface area contributed by atoms with Crippen LogP contribution in [0.5, 0.6) is 0 Å². The molecule has 1 aliphatic heterocycles. The number of hydrogen-bond donors (Lipinski definition) is 6. The number of rotatable bonds is 20. The van der Waals surface area contributed by atoms with E-state index in [1.807, 2.05) is 60.5 Å². The molecule has 0 bridgehead atoms. The summed E-state index contributed by atoms with van der Waals surface area (Å²) in [5.74, 6) is -9.75. The zero-order chi connectivity index (χ0) is 72.2. The van der Waals surface area contributed by atoms with Crippen LogP contribution in [0.3, 0.4) is 0 Å². The first-order chi connectivity index (χ1) is 42.8. The normalized spacial score (nSPS) is 26.6. The van der Waals surface area contributed by atoms with Gasteiger partial charge in [-0.1, -0.05) is 95.2 Å². The summed E-state index contributed by atoms with van der Waals surface area (Å²) < 4.78 is 0. The van der Waals surface area contributed by atoms with Crippen LogP contribution in [0, 0.1) is 35.5 Å². The van der Waals surface area contributed by atoms with Crippen molar-refractivity contribution in [2.45, 2.75) is 234 Å². The number of nitrogens with zero attached hydrogens (tertiary/aromatic N) is 8. The highest BCUT2D eigenvalue weighted by atomic mass is 32.2. The van der Waals surface area contributed by atoms with Crippen LogP contribution in [-0.2, 0) is 52.7 Å². The van der Waals surface area contributed by atoms with E-state index in [0.717, 1.165) is 9.80 Å². The maximum Gasteiger partial charge on any atom is 0.246 e. The van der Waals surface area contributed by atoms with Gasteiger partial charge in [0.05, 0.1) is 11.7 Å². The zero-order valence-corrected chi connectivity index (χ0v) is 62.1. The lowest BCUT2D eigenvalue weighted by Crippen LogP contribution is -2.64. The van der Waals surface area contributed by atoms with Gasteiger partial charge in [-0.3, -0.25) is 52.7 Å². The molecular formula is C67H122N12O13S. The Hall–Kier alpha value is -5.86. The predicted molar refractivity (Wildman–Crippen MR) is 365 cm³/mol. The van der Waals surface area contributed by atoms with Crippen molar-refractivity contribution < 1.29 is 63.0 Å². The third-order valence-electron chi connectivity index (χ3n) is 17.3. The van der Waals surface area contributed by atoms with E-state index in [2.05, 4.69) is 21.3 Å². The molecule has 1 fully saturated rings. The summed E-state index contributed by atoms with van der Waals surface area (Å²) >= 11 is 1.36. The van der Waals surface area contributed by atoms with Crippen molar-refractivity contribution in [3.8, 4) is 0 Å². The molecule has 0 aromatic rings. The molecule has 13 atom stereocenters. The second-order valence-electron chi connectivity index (χ2n) is 28.6. The largest absolute Gasteiger partial charge is 0.390 e. The molecule has 0 radical (unpaired) electrons. The first-order valence-corrected chi connectivity index (χ1v) is 34.3. The van der Waals surface area contributed by atoms with E-state index in [1.165, 1.54) is 113 Å². The molecule has 26 heteroatoms. The minimum atomic E-state index is -1.66. The topological polar surface area (TPSA) is 302 Å². The number of aliphatic hydroxyl groups excluding tert-OH is 1. The summed E-state index contributed by atoms with van der Waals surface area (Å²) in [6, 6.07) is -14.4. The number of carbonyl (C=O) groups is 11. The molecule has 1 heterocycles. The summed E-state index contributed by atoms with van der Waals surface area (Å²) in [6.45, 7) is 29.5. The van der Waals surface area contributed by atoms with E-state index in [0.29, 0.717) is 12.3 Å². The van der Waals surface area contributed by atoms with Crippen molar-refractivity contribution in [2.24, 2.45) is 35.5 Å². The molecule has 1 saturated heterocycles. The SMILES string of the molecule is C/C=C/C[C@@H](C)[C@@H](O)[C@H]1C(=O)N[C@@H](CC)C(=O)N(C)[C@H](CSCCN(C)C)C(=O)N(C)[C@@H](CC(C)(C)O)C(=O)N[C@@H](C(C)C)C(=O)N(C)[C@@H](CC(C)C)C(=O)N[C@@H](C)C(=O)N[C@H](C)C(=O)N(C)[C@@H](CC(C)C)C(=O)N(C)[C@@H](CC(C)C)C(=O)N(C)[C@@H](C(C)C)C(=O)N1C. The van der Waals surface area contributed by atoms with Gasteiger partial charge < -0.3 is 70.7 Å². The number of amides is 11. The van der Waals surface area contributed by atoms with Crippen molar-refractivity contribution in [2.75, 3.05) is 81.5 Å². The Labute approximate surface area is 561 Å². The van der Waals surface area contributed by atoms with Gasteiger partial charge in [-0.2, -0.15) is 11.8 Å². The Kier molecular flexibility index (Phi) is 35.4. The summed E-state index contributed by atoms with van der Waals surface area (Å²) in [5.41, 5.74) is -1.58. The second kappa shape index (κ2) is 38.6. The number of carbonyl (C=O) groups excluding carboxylic acids is 11. The summed E-state index contributed by atoms with van der Waals surface area (Å²) in [7, 11) is 13.6. The zero-order valence-electron chi connectivity index (χ0n) is 61.3. The van der Waals surface area contributed by atoms with Gasteiger partial charge in [-0.05, 0) is 116 Å². The summed E-state index contributed by atoms with van der Waals surface area (Å²) in [4.78, 5) is 174. The molecule has 534 valence electrons. The maximum atomic E-state index is 15.3. The third-order valence-corrected chi connectivity index (χ3v) is 18.4. The summed E-state index contributed by atoms with van der Waals surface area (Å²) in [5, 5.41) is 34.7. The van der Waals surface area contributed by atoms with Crippen molar-refractivity contribution in [1.82, 2.24) is 60.5 Å². The smallest absolute Gasteiger partial charge is 0.246 e. The standard InChI is InChI=1S/C67H122N12O13S/c1-27-29-30-43(13)55(80)54-59(84)70-46(28-2)61(86)77(24)51(37-93-32-31-72(18)19)64(89)76(23)50(36-67(16,17)92)58(83)71-52(41(9)10)65(90)73(20)47(33-38(3)4)57(82)68-44(14)56(81)69-45(15)60(85)74(21)48(34-39(5)6)62(87)75(22)49(35-40(7)8)63(88)78(25)53(42(11)12)66(91)79(54)26/h27,29,38-55,80,92H,28,30-37H2,1-26H3,(H,68,82)(H,69,81)(H,70,84)(H,71,83)/b29-27+/t43-,44+,45-,46+,47+,48+,49+,50+,51-,52+,53+,54+,55-/m1/s1. The van der Waals surface area contributed by atoms with Crippen LogP contribution in [0.4, 0.5) is 0 Å². The van der Waals surface area contributed by atoms with Crippen LogP contribution < -0.4 is 21.3 Å². The second-order valence-corrected chi connectivity index (χ2v) is 29.7. The summed E-state index contributed by atoms with van der Waals surface area (Å²) in [6.07, 6.45) is 2.36. The molecule has 0 aromatic carbocycles. The average molecular weight is 1340 g/mol.